The quantitative estimate of drug-likeness (QED) is 0.514. The molecule has 1 nitrogen and oxygen atoms in total. The van der Waals surface area contributed by atoms with E-state index in [1.54, 1.807) is 0 Å². The molecule has 88 valence electrons. The van der Waals surface area contributed by atoms with Gasteiger partial charge in [0.25, 0.3) is 0 Å². The molecule has 0 amide bonds. The highest BCUT2D eigenvalue weighted by Gasteiger charge is 2.08. The van der Waals surface area contributed by atoms with Crippen molar-refractivity contribution in [2.24, 2.45) is 0 Å². The molecule has 1 heteroatoms. The molecule has 1 aliphatic carbocycles. The lowest BCUT2D eigenvalue weighted by Crippen LogP contribution is -2.00. The second kappa shape index (κ2) is 7.92. The van der Waals surface area contributed by atoms with Crippen LogP contribution in [-0.4, -0.2) is 11.2 Å². The third-order valence-corrected chi connectivity index (χ3v) is 3.28. The molecule has 1 N–H and O–H groups in total. The van der Waals surface area contributed by atoms with Gasteiger partial charge in [0.1, 0.15) is 0 Å². The minimum absolute atomic E-state index is 0.154. The molecule has 0 bridgehead atoms. The minimum atomic E-state index is -0.154. The summed E-state index contributed by atoms with van der Waals surface area (Å²) in [6, 6.07) is 0. The zero-order valence-corrected chi connectivity index (χ0v) is 10.2. The van der Waals surface area contributed by atoms with Crippen LogP contribution in [0.4, 0.5) is 0 Å². The Morgan fingerprint density at radius 1 is 1.20 bits per heavy atom. The first-order valence-electron chi connectivity index (χ1n) is 6.70. The topological polar surface area (TPSA) is 20.2 Å². The minimum Gasteiger partial charge on any atom is -0.389 e. The van der Waals surface area contributed by atoms with Crippen molar-refractivity contribution in [2.75, 3.05) is 0 Å². The smallest absolute Gasteiger partial charge is 0.0723 e. The highest BCUT2D eigenvalue weighted by Crippen LogP contribution is 2.22. The van der Waals surface area contributed by atoms with Crippen molar-refractivity contribution in [3.05, 3.63) is 11.6 Å². The van der Waals surface area contributed by atoms with Crippen LogP contribution >= 0.6 is 0 Å². The van der Waals surface area contributed by atoms with Gasteiger partial charge in [-0.25, -0.2) is 0 Å². The maximum atomic E-state index is 9.62. The lowest BCUT2D eigenvalue weighted by molar-refractivity contribution is 0.211. The van der Waals surface area contributed by atoms with Crippen molar-refractivity contribution in [1.29, 1.82) is 0 Å². The molecule has 0 heterocycles. The fourth-order valence-corrected chi connectivity index (χ4v) is 2.31. The summed E-state index contributed by atoms with van der Waals surface area (Å²) in [5.74, 6) is 0. The molecule has 1 aliphatic rings. The third kappa shape index (κ3) is 5.99. The van der Waals surface area contributed by atoms with Crippen LogP contribution in [0.3, 0.4) is 0 Å². The molecule has 0 aromatic rings. The second-order valence-electron chi connectivity index (χ2n) is 4.80. The summed E-state index contributed by atoms with van der Waals surface area (Å²) < 4.78 is 0. The molecule has 1 rings (SSSR count). The summed E-state index contributed by atoms with van der Waals surface area (Å²) in [6.45, 7) is 2.25. The SMILES string of the molecule is CCCCCCCC1=CC(O)CCCC1. The van der Waals surface area contributed by atoms with Gasteiger partial charge in [0.2, 0.25) is 0 Å². The Kier molecular flexibility index (Phi) is 6.74. The van der Waals surface area contributed by atoms with Crippen LogP contribution < -0.4 is 0 Å². The molecule has 1 atom stereocenters. The summed E-state index contributed by atoms with van der Waals surface area (Å²) >= 11 is 0. The summed E-state index contributed by atoms with van der Waals surface area (Å²) in [7, 11) is 0. The Morgan fingerprint density at radius 2 is 2.00 bits per heavy atom. The number of allylic oxidation sites excluding steroid dienone is 1. The third-order valence-electron chi connectivity index (χ3n) is 3.28. The number of aliphatic hydroxyl groups excluding tert-OH is 1. The Bertz CT molecular complexity index is 184. The highest BCUT2D eigenvalue weighted by molar-refractivity contribution is 5.06. The van der Waals surface area contributed by atoms with Gasteiger partial charge < -0.3 is 5.11 Å². The predicted molar refractivity (Wildman–Crippen MR) is 65.9 cm³/mol. The van der Waals surface area contributed by atoms with Crippen molar-refractivity contribution < 1.29 is 5.11 Å². The second-order valence-corrected chi connectivity index (χ2v) is 4.80. The number of hydrogen-bond acceptors (Lipinski definition) is 1. The zero-order chi connectivity index (χ0) is 10.9. The first-order chi connectivity index (χ1) is 7.33. The van der Waals surface area contributed by atoms with E-state index in [1.807, 2.05) is 0 Å². The monoisotopic (exact) mass is 210 g/mol. The van der Waals surface area contributed by atoms with Crippen molar-refractivity contribution in [2.45, 2.75) is 77.2 Å². The highest BCUT2D eigenvalue weighted by atomic mass is 16.3. The lowest BCUT2D eigenvalue weighted by Gasteiger charge is -2.06. The van der Waals surface area contributed by atoms with E-state index in [4.69, 9.17) is 0 Å². The van der Waals surface area contributed by atoms with Gasteiger partial charge in [-0.05, 0) is 32.1 Å². The average Bonchev–Trinajstić information content (AvgIpc) is 2.43. The molecule has 0 aliphatic heterocycles. The van der Waals surface area contributed by atoms with E-state index in [0.717, 1.165) is 6.42 Å². The molecule has 0 radical (unpaired) electrons. The van der Waals surface area contributed by atoms with Crippen LogP contribution in [0.25, 0.3) is 0 Å². The Hall–Kier alpha value is -0.300. The Balaban J connectivity index is 2.13. The average molecular weight is 210 g/mol. The number of aliphatic hydroxyl groups is 1. The zero-order valence-electron chi connectivity index (χ0n) is 10.2. The van der Waals surface area contributed by atoms with E-state index in [-0.39, 0.29) is 6.10 Å². The Labute approximate surface area is 94.6 Å². The molecule has 0 spiro atoms. The largest absolute Gasteiger partial charge is 0.389 e. The van der Waals surface area contributed by atoms with E-state index < -0.39 is 0 Å². The molecule has 0 saturated heterocycles. The van der Waals surface area contributed by atoms with Crippen molar-refractivity contribution in [3.8, 4) is 0 Å². The van der Waals surface area contributed by atoms with E-state index in [0.29, 0.717) is 0 Å². The van der Waals surface area contributed by atoms with Crippen LogP contribution in [0, 0.1) is 0 Å². The molecule has 0 saturated carbocycles. The molecular formula is C14H26O. The van der Waals surface area contributed by atoms with Gasteiger partial charge in [-0.15, -0.1) is 0 Å². The summed E-state index contributed by atoms with van der Waals surface area (Å²) in [4.78, 5) is 0. The molecule has 0 fully saturated rings. The van der Waals surface area contributed by atoms with Crippen LogP contribution in [0.15, 0.2) is 11.6 Å². The maximum absolute atomic E-state index is 9.62. The lowest BCUT2D eigenvalue weighted by atomic mass is 10.0. The van der Waals surface area contributed by atoms with Gasteiger partial charge >= 0.3 is 0 Å². The fraction of sp³-hybridized carbons (Fsp3) is 0.857. The predicted octanol–water partition coefficient (Wildman–Crippen LogP) is 4.21. The van der Waals surface area contributed by atoms with Crippen molar-refractivity contribution in [3.63, 3.8) is 0 Å². The van der Waals surface area contributed by atoms with Gasteiger partial charge in [-0.3, -0.25) is 0 Å². The van der Waals surface area contributed by atoms with Crippen LogP contribution in [-0.2, 0) is 0 Å². The normalized spacial score (nSPS) is 22.3. The van der Waals surface area contributed by atoms with Crippen LogP contribution in [0.5, 0.6) is 0 Å². The maximum Gasteiger partial charge on any atom is 0.0723 e. The van der Waals surface area contributed by atoms with Crippen LogP contribution in [0.2, 0.25) is 0 Å². The molecule has 0 aromatic heterocycles. The van der Waals surface area contributed by atoms with E-state index in [9.17, 15) is 5.11 Å². The summed E-state index contributed by atoms with van der Waals surface area (Å²) in [5, 5.41) is 9.62. The number of unbranched alkanes of at least 4 members (excludes halogenated alkanes) is 4. The van der Waals surface area contributed by atoms with Gasteiger partial charge in [0.15, 0.2) is 0 Å². The van der Waals surface area contributed by atoms with Gasteiger partial charge in [-0.1, -0.05) is 50.7 Å². The van der Waals surface area contributed by atoms with Crippen molar-refractivity contribution in [1.82, 2.24) is 0 Å². The summed E-state index contributed by atoms with van der Waals surface area (Å²) in [5.41, 5.74) is 1.51. The van der Waals surface area contributed by atoms with Gasteiger partial charge in [0.05, 0.1) is 6.10 Å². The standard InChI is InChI=1S/C14H26O/c1-2-3-4-5-6-9-13-10-7-8-11-14(15)12-13/h12,14-15H,2-11H2,1H3. The molecule has 1 unspecified atom stereocenters. The first kappa shape index (κ1) is 12.8. The number of rotatable bonds is 6. The molecule has 0 aromatic carbocycles. The van der Waals surface area contributed by atoms with Gasteiger partial charge in [0, 0.05) is 0 Å². The van der Waals surface area contributed by atoms with E-state index >= 15 is 0 Å². The molecular weight excluding hydrogens is 184 g/mol. The first-order valence-corrected chi connectivity index (χ1v) is 6.70. The fourth-order valence-electron chi connectivity index (χ4n) is 2.31. The summed E-state index contributed by atoms with van der Waals surface area (Å²) in [6.07, 6.45) is 14.6. The van der Waals surface area contributed by atoms with Gasteiger partial charge in [-0.2, -0.15) is 0 Å². The van der Waals surface area contributed by atoms with Crippen molar-refractivity contribution >= 4 is 0 Å². The van der Waals surface area contributed by atoms with E-state index in [2.05, 4.69) is 13.0 Å². The number of hydrogen-bond donors (Lipinski definition) is 1. The van der Waals surface area contributed by atoms with E-state index in [1.165, 1.54) is 63.4 Å². The Morgan fingerprint density at radius 3 is 2.80 bits per heavy atom. The molecule has 15 heavy (non-hydrogen) atoms. The van der Waals surface area contributed by atoms with Crippen LogP contribution in [0.1, 0.15) is 71.1 Å².